The number of nitrogens with two attached hydrogens (primary N) is 1. The predicted octanol–water partition coefficient (Wildman–Crippen LogP) is 1.76. The third-order valence-electron chi connectivity index (χ3n) is 2.04. The topological polar surface area (TPSA) is 44.5 Å². The second kappa shape index (κ2) is 5.58. The first kappa shape index (κ1) is 12.9. The molecule has 1 unspecified atom stereocenters. The SMILES string of the molecule is COC(OC)C(N)CCC(C)(C)C. The maximum Gasteiger partial charge on any atom is 0.171 e. The highest BCUT2D eigenvalue weighted by atomic mass is 16.7. The van der Waals surface area contributed by atoms with Gasteiger partial charge in [-0.3, -0.25) is 0 Å². The molecule has 0 aromatic carbocycles. The van der Waals surface area contributed by atoms with E-state index in [1.54, 1.807) is 14.2 Å². The molecule has 0 aliphatic rings. The van der Waals surface area contributed by atoms with Crippen LogP contribution in [0.5, 0.6) is 0 Å². The molecule has 2 N–H and O–H groups in total. The molecule has 0 spiro atoms. The zero-order chi connectivity index (χ0) is 10.5. The summed E-state index contributed by atoms with van der Waals surface area (Å²) in [7, 11) is 3.23. The molecule has 1 atom stereocenters. The van der Waals surface area contributed by atoms with Crippen LogP contribution in [-0.4, -0.2) is 26.6 Å². The molecule has 0 bridgehead atoms. The zero-order valence-corrected chi connectivity index (χ0v) is 9.46. The van der Waals surface area contributed by atoms with Gasteiger partial charge < -0.3 is 15.2 Å². The van der Waals surface area contributed by atoms with Gasteiger partial charge in [0.05, 0.1) is 6.04 Å². The second-order valence-corrected chi connectivity index (χ2v) is 4.60. The molecular formula is C10H23NO2. The quantitative estimate of drug-likeness (QED) is 0.670. The summed E-state index contributed by atoms with van der Waals surface area (Å²) in [5, 5.41) is 0. The normalized spacial score (nSPS) is 15.0. The summed E-state index contributed by atoms with van der Waals surface area (Å²) in [4.78, 5) is 0. The van der Waals surface area contributed by atoms with Crippen molar-refractivity contribution in [3.63, 3.8) is 0 Å². The third kappa shape index (κ3) is 6.02. The van der Waals surface area contributed by atoms with Crippen LogP contribution in [0, 0.1) is 5.41 Å². The van der Waals surface area contributed by atoms with Crippen molar-refractivity contribution in [2.45, 2.75) is 45.9 Å². The molecule has 0 aliphatic carbocycles. The molecule has 3 nitrogen and oxygen atoms in total. The van der Waals surface area contributed by atoms with Crippen molar-refractivity contribution in [3.8, 4) is 0 Å². The maximum atomic E-state index is 5.90. The summed E-state index contributed by atoms with van der Waals surface area (Å²) in [6.07, 6.45) is 1.73. The van der Waals surface area contributed by atoms with Gasteiger partial charge in [-0.05, 0) is 18.3 Å². The lowest BCUT2D eigenvalue weighted by atomic mass is 9.89. The lowest BCUT2D eigenvalue weighted by molar-refractivity contribution is -0.118. The fourth-order valence-electron chi connectivity index (χ4n) is 1.18. The highest BCUT2D eigenvalue weighted by Gasteiger charge is 2.19. The number of ether oxygens (including phenoxy) is 2. The Morgan fingerprint density at radius 2 is 1.62 bits per heavy atom. The molecule has 0 fully saturated rings. The molecule has 0 radical (unpaired) electrons. The molecule has 0 aromatic heterocycles. The van der Waals surface area contributed by atoms with E-state index in [9.17, 15) is 0 Å². The third-order valence-corrected chi connectivity index (χ3v) is 2.04. The van der Waals surface area contributed by atoms with E-state index in [1.165, 1.54) is 0 Å². The van der Waals surface area contributed by atoms with Crippen LogP contribution in [0.25, 0.3) is 0 Å². The van der Waals surface area contributed by atoms with Crippen molar-refractivity contribution in [1.29, 1.82) is 0 Å². The van der Waals surface area contributed by atoms with Crippen LogP contribution in [0.1, 0.15) is 33.6 Å². The molecule has 80 valence electrons. The lowest BCUT2D eigenvalue weighted by Gasteiger charge is -2.24. The van der Waals surface area contributed by atoms with Crippen molar-refractivity contribution < 1.29 is 9.47 Å². The first-order chi connectivity index (χ1) is 5.90. The fraction of sp³-hybridized carbons (Fsp3) is 1.00. The summed E-state index contributed by atoms with van der Waals surface area (Å²) in [5.41, 5.74) is 6.22. The van der Waals surface area contributed by atoms with Gasteiger partial charge in [0.1, 0.15) is 0 Å². The molecule has 0 aromatic rings. The van der Waals surface area contributed by atoms with Crippen molar-refractivity contribution >= 4 is 0 Å². The van der Waals surface area contributed by atoms with E-state index in [4.69, 9.17) is 15.2 Å². The van der Waals surface area contributed by atoms with Crippen LogP contribution in [0.2, 0.25) is 0 Å². The van der Waals surface area contributed by atoms with Gasteiger partial charge in [-0.25, -0.2) is 0 Å². The van der Waals surface area contributed by atoms with Crippen LogP contribution in [-0.2, 0) is 9.47 Å². The summed E-state index contributed by atoms with van der Waals surface area (Å²) in [5.74, 6) is 0. The van der Waals surface area contributed by atoms with Gasteiger partial charge in [0.15, 0.2) is 6.29 Å². The minimum atomic E-state index is -0.276. The van der Waals surface area contributed by atoms with Gasteiger partial charge >= 0.3 is 0 Å². The van der Waals surface area contributed by atoms with Gasteiger partial charge in [-0.2, -0.15) is 0 Å². The Bertz CT molecular complexity index is 127. The van der Waals surface area contributed by atoms with E-state index < -0.39 is 0 Å². The fourth-order valence-corrected chi connectivity index (χ4v) is 1.18. The first-order valence-electron chi connectivity index (χ1n) is 4.72. The molecule has 0 rings (SSSR count). The Morgan fingerprint density at radius 1 is 1.15 bits per heavy atom. The summed E-state index contributed by atoms with van der Waals surface area (Å²) in [6.45, 7) is 6.61. The molecule has 13 heavy (non-hydrogen) atoms. The van der Waals surface area contributed by atoms with E-state index in [-0.39, 0.29) is 12.3 Å². The molecule has 0 heterocycles. The van der Waals surface area contributed by atoms with E-state index in [0.717, 1.165) is 12.8 Å². The highest BCUT2D eigenvalue weighted by molar-refractivity contribution is 4.70. The standard InChI is InChI=1S/C10H23NO2/c1-10(2,3)7-6-8(11)9(12-4)13-5/h8-9H,6-7,11H2,1-5H3. The Morgan fingerprint density at radius 3 is 1.92 bits per heavy atom. The number of methoxy groups -OCH3 is 2. The predicted molar refractivity (Wildman–Crippen MR) is 54.5 cm³/mol. The minimum Gasteiger partial charge on any atom is -0.354 e. The van der Waals surface area contributed by atoms with Crippen molar-refractivity contribution in [2.75, 3.05) is 14.2 Å². The average molecular weight is 189 g/mol. The maximum absolute atomic E-state index is 5.90. The van der Waals surface area contributed by atoms with Gasteiger partial charge in [0, 0.05) is 14.2 Å². The van der Waals surface area contributed by atoms with Gasteiger partial charge in [0.2, 0.25) is 0 Å². The van der Waals surface area contributed by atoms with Gasteiger partial charge in [-0.1, -0.05) is 20.8 Å². The number of hydrogen-bond acceptors (Lipinski definition) is 3. The second-order valence-electron chi connectivity index (χ2n) is 4.60. The summed E-state index contributed by atoms with van der Waals surface area (Å²) >= 11 is 0. The Hall–Kier alpha value is -0.120. The Balaban J connectivity index is 3.78. The smallest absolute Gasteiger partial charge is 0.171 e. The van der Waals surface area contributed by atoms with Crippen LogP contribution in [0.4, 0.5) is 0 Å². The first-order valence-corrected chi connectivity index (χ1v) is 4.72. The van der Waals surface area contributed by atoms with E-state index in [2.05, 4.69) is 20.8 Å². The molecule has 0 saturated heterocycles. The van der Waals surface area contributed by atoms with E-state index >= 15 is 0 Å². The van der Waals surface area contributed by atoms with Crippen molar-refractivity contribution in [3.05, 3.63) is 0 Å². The van der Waals surface area contributed by atoms with Crippen LogP contribution in [0.3, 0.4) is 0 Å². The average Bonchev–Trinajstić information content (AvgIpc) is 2.02. The van der Waals surface area contributed by atoms with E-state index in [0.29, 0.717) is 5.41 Å². The molecule has 0 aliphatic heterocycles. The Kier molecular flexibility index (Phi) is 5.53. The van der Waals surface area contributed by atoms with Crippen LogP contribution >= 0.6 is 0 Å². The monoisotopic (exact) mass is 189 g/mol. The molecule has 0 amide bonds. The van der Waals surface area contributed by atoms with Gasteiger partial charge in [0.25, 0.3) is 0 Å². The van der Waals surface area contributed by atoms with Gasteiger partial charge in [-0.15, -0.1) is 0 Å². The largest absolute Gasteiger partial charge is 0.354 e. The highest BCUT2D eigenvalue weighted by Crippen LogP contribution is 2.22. The molecule has 0 saturated carbocycles. The van der Waals surface area contributed by atoms with Crippen molar-refractivity contribution in [1.82, 2.24) is 0 Å². The summed E-state index contributed by atoms with van der Waals surface area (Å²) in [6, 6.07) is -0.0331. The minimum absolute atomic E-state index is 0.0331. The van der Waals surface area contributed by atoms with Crippen LogP contribution < -0.4 is 5.73 Å². The summed E-state index contributed by atoms with van der Waals surface area (Å²) < 4.78 is 10.2. The number of rotatable bonds is 5. The van der Waals surface area contributed by atoms with Crippen LogP contribution in [0.15, 0.2) is 0 Å². The number of hydrogen-bond donors (Lipinski definition) is 1. The lowest BCUT2D eigenvalue weighted by Crippen LogP contribution is -2.38. The molecular weight excluding hydrogens is 166 g/mol. The molecule has 3 heteroatoms. The Labute approximate surface area is 81.6 Å². The van der Waals surface area contributed by atoms with Crippen molar-refractivity contribution in [2.24, 2.45) is 11.1 Å². The van der Waals surface area contributed by atoms with E-state index in [1.807, 2.05) is 0 Å². The zero-order valence-electron chi connectivity index (χ0n) is 9.46.